The van der Waals surface area contributed by atoms with Gasteiger partial charge in [0.2, 0.25) is 0 Å². The number of rotatable bonds is 7. The van der Waals surface area contributed by atoms with E-state index in [1.165, 1.54) is 0 Å². The number of esters is 1. The Balaban J connectivity index is 1.64. The first-order valence-electron chi connectivity index (χ1n) is 8.92. The standard InChI is InChI=1S/C19H24N2O6/c1-13-4-2-3-5-16(13)20-19(25)21-17(23)11-27-18(24)12-26-15-8-6-14(10-22)7-9-15/h6-10,13,16H,2-5,11-12H2,1H3,(H2,20,21,23,25)/t13-,16-/m0/s1. The van der Waals surface area contributed by atoms with Crippen LogP contribution in [0.4, 0.5) is 4.79 Å². The van der Waals surface area contributed by atoms with Crippen LogP contribution in [-0.4, -0.2) is 43.4 Å². The maximum atomic E-state index is 11.8. The van der Waals surface area contributed by atoms with Gasteiger partial charge in [0.1, 0.15) is 12.0 Å². The Morgan fingerprint density at radius 3 is 2.48 bits per heavy atom. The van der Waals surface area contributed by atoms with Gasteiger partial charge < -0.3 is 14.8 Å². The summed E-state index contributed by atoms with van der Waals surface area (Å²) in [7, 11) is 0. The van der Waals surface area contributed by atoms with Crippen molar-refractivity contribution < 1.29 is 28.7 Å². The van der Waals surface area contributed by atoms with Crippen LogP contribution in [0.3, 0.4) is 0 Å². The van der Waals surface area contributed by atoms with Gasteiger partial charge in [0.25, 0.3) is 5.91 Å². The molecule has 0 saturated heterocycles. The Morgan fingerprint density at radius 2 is 1.81 bits per heavy atom. The molecule has 0 aromatic heterocycles. The highest BCUT2D eigenvalue weighted by Gasteiger charge is 2.23. The molecule has 1 aromatic carbocycles. The summed E-state index contributed by atoms with van der Waals surface area (Å²) >= 11 is 0. The van der Waals surface area contributed by atoms with Gasteiger partial charge in [-0.3, -0.25) is 14.9 Å². The lowest BCUT2D eigenvalue weighted by Crippen LogP contribution is -2.48. The van der Waals surface area contributed by atoms with E-state index in [1.54, 1.807) is 24.3 Å². The molecule has 1 aliphatic carbocycles. The van der Waals surface area contributed by atoms with Crippen molar-refractivity contribution in [3.63, 3.8) is 0 Å². The molecule has 0 bridgehead atoms. The Labute approximate surface area is 157 Å². The second-order valence-corrected chi connectivity index (χ2v) is 6.53. The van der Waals surface area contributed by atoms with Crippen LogP contribution in [0, 0.1) is 5.92 Å². The predicted molar refractivity (Wildman–Crippen MR) is 96.4 cm³/mol. The number of imide groups is 1. The maximum absolute atomic E-state index is 11.8. The van der Waals surface area contributed by atoms with Crippen LogP contribution in [0.2, 0.25) is 0 Å². The number of ether oxygens (including phenoxy) is 2. The van der Waals surface area contributed by atoms with E-state index in [0.717, 1.165) is 25.7 Å². The number of aldehydes is 1. The quantitative estimate of drug-likeness (QED) is 0.555. The SMILES string of the molecule is C[C@H]1CCCC[C@@H]1NC(=O)NC(=O)COC(=O)COc1ccc(C=O)cc1. The lowest BCUT2D eigenvalue weighted by atomic mass is 9.86. The van der Waals surface area contributed by atoms with Crippen LogP contribution in [0.15, 0.2) is 24.3 Å². The third-order valence-electron chi connectivity index (χ3n) is 4.42. The van der Waals surface area contributed by atoms with E-state index >= 15 is 0 Å². The first-order chi connectivity index (χ1) is 13.0. The third kappa shape index (κ3) is 7.08. The van der Waals surface area contributed by atoms with Crippen molar-refractivity contribution in [3.8, 4) is 5.75 Å². The third-order valence-corrected chi connectivity index (χ3v) is 4.42. The molecular formula is C19H24N2O6. The van der Waals surface area contributed by atoms with Gasteiger partial charge in [0, 0.05) is 11.6 Å². The van der Waals surface area contributed by atoms with E-state index in [2.05, 4.69) is 17.6 Å². The van der Waals surface area contributed by atoms with E-state index in [-0.39, 0.29) is 12.6 Å². The molecule has 2 rings (SSSR count). The fourth-order valence-electron chi connectivity index (χ4n) is 2.87. The summed E-state index contributed by atoms with van der Waals surface area (Å²) in [6.07, 6.45) is 4.84. The minimum Gasteiger partial charge on any atom is -0.482 e. The van der Waals surface area contributed by atoms with Crippen LogP contribution in [-0.2, 0) is 14.3 Å². The molecule has 8 heteroatoms. The summed E-state index contributed by atoms with van der Waals surface area (Å²) < 4.78 is 9.96. The van der Waals surface area contributed by atoms with Crippen molar-refractivity contribution in [2.45, 2.75) is 38.6 Å². The monoisotopic (exact) mass is 376 g/mol. The Bertz CT molecular complexity index is 673. The summed E-state index contributed by atoms with van der Waals surface area (Å²) in [5, 5.41) is 4.93. The second kappa shape index (κ2) is 10.3. The van der Waals surface area contributed by atoms with Crippen LogP contribution >= 0.6 is 0 Å². The van der Waals surface area contributed by atoms with E-state index in [1.807, 2.05) is 0 Å². The maximum Gasteiger partial charge on any atom is 0.344 e. The molecule has 27 heavy (non-hydrogen) atoms. The molecule has 3 amide bonds. The first-order valence-corrected chi connectivity index (χ1v) is 8.92. The smallest absolute Gasteiger partial charge is 0.344 e. The Hall–Kier alpha value is -2.90. The van der Waals surface area contributed by atoms with Crippen molar-refractivity contribution in [1.82, 2.24) is 10.6 Å². The number of hydrogen-bond acceptors (Lipinski definition) is 6. The zero-order valence-electron chi connectivity index (χ0n) is 15.2. The molecule has 8 nitrogen and oxygen atoms in total. The van der Waals surface area contributed by atoms with Gasteiger partial charge in [-0.2, -0.15) is 0 Å². The highest BCUT2D eigenvalue weighted by molar-refractivity contribution is 5.95. The van der Waals surface area contributed by atoms with Gasteiger partial charge in [-0.05, 0) is 43.0 Å². The summed E-state index contributed by atoms with van der Waals surface area (Å²) in [6, 6.07) is 5.65. The Morgan fingerprint density at radius 1 is 1.11 bits per heavy atom. The first kappa shape index (κ1) is 20.4. The summed E-state index contributed by atoms with van der Waals surface area (Å²) in [6.45, 7) is 1.11. The minimum absolute atomic E-state index is 0.0492. The number of amides is 3. The molecule has 0 radical (unpaired) electrons. The van der Waals surface area contributed by atoms with Crippen LogP contribution in [0.1, 0.15) is 43.0 Å². The zero-order valence-corrected chi connectivity index (χ0v) is 15.2. The van der Waals surface area contributed by atoms with Gasteiger partial charge >= 0.3 is 12.0 Å². The number of carbonyl (C=O) groups excluding carboxylic acids is 4. The van der Waals surface area contributed by atoms with Crippen molar-refractivity contribution in [3.05, 3.63) is 29.8 Å². The lowest BCUT2D eigenvalue weighted by Gasteiger charge is -2.29. The van der Waals surface area contributed by atoms with Crippen LogP contribution < -0.4 is 15.4 Å². The fraction of sp³-hybridized carbons (Fsp3) is 0.474. The number of carbonyl (C=O) groups is 4. The van der Waals surface area contributed by atoms with E-state index in [4.69, 9.17) is 9.47 Å². The molecule has 146 valence electrons. The normalized spacial score (nSPS) is 18.9. The minimum atomic E-state index is -0.745. The van der Waals surface area contributed by atoms with Gasteiger partial charge in [-0.1, -0.05) is 19.8 Å². The number of urea groups is 1. The molecule has 1 aromatic rings. The number of hydrogen-bond donors (Lipinski definition) is 2. The number of benzene rings is 1. The van der Waals surface area contributed by atoms with Crippen molar-refractivity contribution in [1.29, 1.82) is 0 Å². The van der Waals surface area contributed by atoms with E-state index in [0.29, 0.717) is 23.5 Å². The second-order valence-electron chi connectivity index (χ2n) is 6.53. The average molecular weight is 376 g/mol. The van der Waals surface area contributed by atoms with Crippen molar-refractivity contribution >= 4 is 24.2 Å². The van der Waals surface area contributed by atoms with Crippen LogP contribution in [0.25, 0.3) is 0 Å². The molecule has 1 saturated carbocycles. The Kier molecular flexibility index (Phi) is 7.79. The molecule has 0 spiro atoms. The highest BCUT2D eigenvalue weighted by atomic mass is 16.6. The predicted octanol–water partition coefficient (Wildman–Crippen LogP) is 1.83. The highest BCUT2D eigenvalue weighted by Crippen LogP contribution is 2.23. The fourth-order valence-corrected chi connectivity index (χ4v) is 2.87. The molecular weight excluding hydrogens is 352 g/mol. The van der Waals surface area contributed by atoms with Crippen molar-refractivity contribution in [2.24, 2.45) is 5.92 Å². The average Bonchev–Trinajstić information content (AvgIpc) is 2.67. The van der Waals surface area contributed by atoms with E-state index < -0.39 is 24.5 Å². The summed E-state index contributed by atoms with van der Waals surface area (Å²) in [4.78, 5) is 45.7. The number of nitrogens with one attached hydrogen (secondary N) is 2. The molecule has 0 unspecified atom stereocenters. The zero-order chi connectivity index (χ0) is 19.6. The van der Waals surface area contributed by atoms with Crippen LogP contribution in [0.5, 0.6) is 5.75 Å². The van der Waals surface area contributed by atoms with Crippen molar-refractivity contribution in [2.75, 3.05) is 13.2 Å². The van der Waals surface area contributed by atoms with Gasteiger partial charge in [0.05, 0.1) is 0 Å². The largest absolute Gasteiger partial charge is 0.482 e. The van der Waals surface area contributed by atoms with Gasteiger partial charge in [0.15, 0.2) is 13.2 Å². The van der Waals surface area contributed by atoms with Gasteiger partial charge in [-0.15, -0.1) is 0 Å². The molecule has 0 aliphatic heterocycles. The molecule has 0 heterocycles. The summed E-state index contributed by atoms with van der Waals surface area (Å²) in [5.74, 6) is -0.691. The molecule has 1 aliphatic rings. The lowest BCUT2D eigenvalue weighted by molar-refractivity contribution is -0.150. The summed E-state index contributed by atoms with van der Waals surface area (Å²) in [5.41, 5.74) is 0.488. The van der Waals surface area contributed by atoms with E-state index in [9.17, 15) is 19.2 Å². The topological polar surface area (TPSA) is 111 Å². The molecule has 1 fully saturated rings. The van der Waals surface area contributed by atoms with Gasteiger partial charge in [-0.25, -0.2) is 9.59 Å². The molecule has 2 atom stereocenters. The molecule has 2 N–H and O–H groups in total.